The van der Waals surface area contributed by atoms with Crippen LogP contribution in [0.15, 0.2) is 35.4 Å². The SMILES string of the molecule is CC(=O)OCc1nc(CO)cn1Cc1ccccc1S(C)(=O)=O. The molecule has 1 N–H and O–H groups in total. The molecule has 23 heavy (non-hydrogen) atoms. The third-order valence-electron chi connectivity index (χ3n) is 3.19. The number of ether oxygens (including phenoxy) is 1. The van der Waals surface area contributed by atoms with Crippen LogP contribution in [0.4, 0.5) is 0 Å². The fraction of sp³-hybridized carbons (Fsp3) is 0.333. The zero-order chi connectivity index (χ0) is 17.0. The Labute approximate surface area is 134 Å². The molecule has 1 aromatic carbocycles. The summed E-state index contributed by atoms with van der Waals surface area (Å²) >= 11 is 0. The Kier molecular flexibility index (Phi) is 5.17. The Morgan fingerprint density at radius 2 is 2.04 bits per heavy atom. The number of aliphatic hydroxyl groups is 1. The van der Waals surface area contributed by atoms with E-state index in [4.69, 9.17) is 4.74 Å². The molecule has 0 unspecified atom stereocenters. The molecule has 2 aromatic rings. The topological polar surface area (TPSA) is 98.5 Å². The Balaban J connectivity index is 2.37. The number of hydrogen-bond donors (Lipinski definition) is 1. The third kappa shape index (κ3) is 4.40. The van der Waals surface area contributed by atoms with Crippen molar-refractivity contribution < 1.29 is 23.1 Å². The highest BCUT2D eigenvalue weighted by Crippen LogP contribution is 2.18. The summed E-state index contributed by atoms with van der Waals surface area (Å²) in [6.45, 7) is 1.23. The maximum absolute atomic E-state index is 11.9. The van der Waals surface area contributed by atoms with Gasteiger partial charge in [-0.1, -0.05) is 18.2 Å². The van der Waals surface area contributed by atoms with Crippen LogP contribution in [-0.4, -0.2) is 35.3 Å². The number of nitrogens with zero attached hydrogens (tertiary/aromatic N) is 2. The van der Waals surface area contributed by atoms with Crippen LogP contribution in [0.25, 0.3) is 0 Å². The molecule has 0 spiro atoms. The summed E-state index contributed by atoms with van der Waals surface area (Å²) in [6.07, 6.45) is 2.76. The average Bonchev–Trinajstić information content (AvgIpc) is 2.87. The number of aliphatic hydroxyl groups excluding tert-OH is 1. The van der Waals surface area contributed by atoms with Crippen LogP contribution in [0.5, 0.6) is 0 Å². The van der Waals surface area contributed by atoms with Crippen LogP contribution < -0.4 is 0 Å². The minimum Gasteiger partial charge on any atom is -0.458 e. The number of benzene rings is 1. The largest absolute Gasteiger partial charge is 0.458 e. The lowest BCUT2D eigenvalue weighted by Gasteiger charge is -2.11. The van der Waals surface area contributed by atoms with Gasteiger partial charge >= 0.3 is 5.97 Å². The van der Waals surface area contributed by atoms with E-state index in [2.05, 4.69) is 4.98 Å². The number of imidazole rings is 1. The molecule has 1 aromatic heterocycles. The second-order valence-electron chi connectivity index (χ2n) is 5.09. The van der Waals surface area contributed by atoms with E-state index < -0.39 is 15.8 Å². The molecule has 2 rings (SSSR count). The van der Waals surface area contributed by atoms with E-state index in [0.717, 1.165) is 6.26 Å². The maximum atomic E-state index is 11.9. The van der Waals surface area contributed by atoms with Crippen molar-refractivity contribution in [2.75, 3.05) is 6.26 Å². The van der Waals surface area contributed by atoms with E-state index in [-0.39, 0.29) is 24.7 Å². The first-order valence-corrected chi connectivity index (χ1v) is 8.77. The molecule has 0 radical (unpaired) electrons. The van der Waals surface area contributed by atoms with Gasteiger partial charge in [-0.15, -0.1) is 0 Å². The van der Waals surface area contributed by atoms with Gasteiger partial charge in [0, 0.05) is 19.4 Å². The number of sulfone groups is 1. The van der Waals surface area contributed by atoms with Crippen LogP contribution in [0.1, 0.15) is 24.0 Å². The molecule has 8 heteroatoms. The highest BCUT2D eigenvalue weighted by atomic mass is 32.2. The zero-order valence-electron chi connectivity index (χ0n) is 12.9. The number of rotatable bonds is 6. The summed E-state index contributed by atoms with van der Waals surface area (Å²) in [7, 11) is -3.36. The molecule has 0 saturated carbocycles. The van der Waals surface area contributed by atoms with Gasteiger partial charge in [0.15, 0.2) is 9.84 Å². The van der Waals surface area contributed by atoms with Crippen molar-refractivity contribution in [3.8, 4) is 0 Å². The van der Waals surface area contributed by atoms with Gasteiger partial charge in [-0.3, -0.25) is 4.79 Å². The summed E-state index contributed by atoms with van der Waals surface area (Å²) in [6, 6.07) is 6.66. The van der Waals surface area contributed by atoms with Crippen LogP contribution >= 0.6 is 0 Å². The molecule has 0 bridgehead atoms. The molecule has 7 nitrogen and oxygen atoms in total. The van der Waals surface area contributed by atoms with Gasteiger partial charge in [0.25, 0.3) is 0 Å². The van der Waals surface area contributed by atoms with Crippen molar-refractivity contribution in [3.63, 3.8) is 0 Å². The van der Waals surface area contributed by atoms with Crippen LogP contribution in [0.2, 0.25) is 0 Å². The minimum atomic E-state index is -3.36. The number of carbonyl (C=O) groups excluding carboxylic acids is 1. The molecule has 0 aliphatic carbocycles. The number of hydrogen-bond acceptors (Lipinski definition) is 6. The summed E-state index contributed by atoms with van der Waals surface area (Å²) in [5, 5.41) is 9.22. The van der Waals surface area contributed by atoms with Crippen LogP contribution in [0.3, 0.4) is 0 Å². The van der Waals surface area contributed by atoms with Crippen molar-refractivity contribution >= 4 is 15.8 Å². The first kappa shape index (κ1) is 17.2. The molecule has 1 heterocycles. The lowest BCUT2D eigenvalue weighted by Crippen LogP contribution is -2.10. The summed E-state index contributed by atoms with van der Waals surface area (Å²) < 4.78 is 30.3. The van der Waals surface area contributed by atoms with Gasteiger partial charge in [-0.2, -0.15) is 0 Å². The van der Waals surface area contributed by atoms with Crippen molar-refractivity contribution in [3.05, 3.63) is 47.5 Å². The molecule has 0 amide bonds. The average molecular weight is 338 g/mol. The van der Waals surface area contributed by atoms with Gasteiger partial charge in [-0.25, -0.2) is 13.4 Å². The number of esters is 1. The Morgan fingerprint density at radius 1 is 1.35 bits per heavy atom. The van der Waals surface area contributed by atoms with E-state index >= 15 is 0 Å². The predicted molar refractivity (Wildman–Crippen MR) is 82.3 cm³/mol. The Morgan fingerprint density at radius 3 is 2.65 bits per heavy atom. The van der Waals surface area contributed by atoms with Crippen LogP contribution in [-0.2, 0) is 39.1 Å². The normalized spacial score (nSPS) is 11.4. The molecule has 124 valence electrons. The van der Waals surface area contributed by atoms with E-state index in [9.17, 15) is 18.3 Å². The fourth-order valence-electron chi connectivity index (χ4n) is 2.19. The second kappa shape index (κ2) is 6.93. The molecule has 0 saturated heterocycles. The highest BCUT2D eigenvalue weighted by Gasteiger charge is 2.15. The van der Waals surface area contributed by atoms with Gasteiger partial charge in [0.05, 0.1) is 23.7 Å². The van der Waals surface area contributed by atoms with Gasteiger partial charge in [-0.05, 0) is 11.6 Å². The van der Waals surface area contributed by atoms with Crippen molar-refractivity contribution in [1.29, 1.82) is 0 Å². The third-order valence-corrected chi connectivity index (χ3v) is 4.39. The summed E-state index contributed by atoms with van der Waals surface area (Å²) in [5.74, 6) is -0.00538. The smallest absolute Gasteiger partial charge is 0.303 e. The summed E-state index contributed by atoms with van der Waals surface area (Å²) in [5.41, 5.74) is 1.02. The quantitative estimate of drug-likeness (QED) is 0.786. The maximum Gasteiger partial charge on any atom is 0.303 e. The van der Waals surface area contributed by atoms with Crippen molar-refractivity contribution in [2.24, 2.45) is 0 Å². The van der Waals surface area contributed by atoms with E-state index in [0.29, 0.717) is 17.1 Å². The predicted octanol–water partition coefficient (Wildman–Crippen LogP) is 0.890. The van der Waals surface area contributed by atoms with Gasteiger partial charge < -0.3 is 14.4 Å². The lowest BCUT2D eigenvalue weighted by atomic mass is 10.2. The molecular weight excluding hydrogens is 320 g/mol. The molecule has 0 fully saturated rings. The number of aromatic nitrogens is 2. The van der Waals surface area contributed by atoms with Crippen LogP contribution in [0, 0.1) is 0 Å². The lowest BCUT2D eigenvalue weighted by molar-refractivity contribution is -0.142. The summed E-state index contributed by atoms with van der Waals surface area (Å²) in [4.78, 5) is 15.4. The van der Waals surface area contributed by atoms with Gasteiger partial charge in [0.2, 0.25) is 0 Å². The monoisotopic (exact) mass is 338 g/mol. The Bertz CT molecular complexity index is 811. The van der Waals surface area contributed by atoms with E-state index in [1.807, 2.05) is 0 Å². The minimum absolute atomic E-state index is 0.0453. The fourth-order valence-corrected chi connectivity index (χ4v) is 3.12. The van der Waals surface area contributed by atoms with Crippen molar-refractivity contribution in [2.45, 2.75) is 31.6 Å². The van der Waals surface area contributed by atoms with E-state index in [1.54, 1.807) is 35.0 Å². The second-order valence-corrected chi connectivity index (χ2v) is 7.08. The Hall–Kier alpha value is -2.19. The standard InChI is InChI=1S/C15H18N2O5S/c1-11(19)22-10-15-16-13(9-18)8-17(15)7-12-5-3-4-6-14(12)23(2,20)21/h3-6,8,18H,7,9-10H2,1-2H3. The molecule has 0 aliphatic rings. The molecule has 0 atom stereocenters. The zero-order valence-corrected chi connectivity index (χ0v) is 13.7. The first-order valence-electron chi connectivity index (χ1n) is 6.88. The highest BCUT2D eigenvalue weighted by molar-refractivity contribution is 7.90. The van der Waals surface area contributed by atoms with Crippen molar-refractivity contribution in [1.82, 2.24) is 9.55 Å². The molecular formula is C15H18N2O5S. The van der Waals surface area contributed by atoms with Gasteiger partial charge in [0.1, 0.15) is 12.4 Å². The number of carbonyl (C=O) groups is 1. The first-order chi connectivity index (χ1) is 10.8. The molecule has 0 aliphatic heterocycles. The van der Waals surface area contributed by atoms with E-state index in [1.165, 1.54) is 6.92 Å².